The number of hydrogen-bond donors (Lipinski definition) is 1. The zero-order valence-corrected chi connectivity index (χ0v) is 39.3. The summed E-state index contributed by atoms with van der Waals surface area (Å²) in [6.45, 7) is 5.09. The molecule has 8 aromatic rings. The van der Waals surface area contributed by atoms with Gasteiger partial charge in [0.25, 0.3) is 0 Å². The number of hydrogen-bond acceptors (Lipinski definition) is 10. The van der Waals surface area contributed by atoms with Crippen LogP contribution in [0, 0.1) is 23.5 Å². The molecule has 10 rings (SSSR count). The fourth-order valence-corrected chi connectivity index (χ4v) is 11.0. The second-order valence-corrected chi connectivity index (χ2v) is 19.2. The molecule has 8 nitrogen and oxygen atoms in total. The minimum atomic E-state index is -0.345. The highest BCUT2D eigenvalue weighted by Gasteiger charge is 2.28. The Bertz CT molecular complexity index is 3060. The first kappa shape index (κ1) is 47.5. The highest BCUT2D eigenvalue weighted by Crippen LogP contribution is 2.43. The number of thiophene rings is 2. The average molecular weight is 973 g/mol. The van der Waals surface area contributed by atoms with Crippen molar-refractivity contribution < 1.29 is 46.5 Å². The van der Waals surface area contributed by atoms with Gasteiger partial charge in [-0.25, -0.2) is 8.78 Å². The summed E-state index contributed by atoms with van der Waals surface area (Å²) in [6.07, 6.45) is 0. The lowest BCUT2D eigenvalue weighted by atomic mass is 9.97. The molecule has 0 atom stereocenters. The average Bonchev–Trinajstić information content (AvgIpc) is 3.92. The number of likely N-dealkylation sites (tertiary alicyclic amines) is 2. The first-order chi connectivity index (χ1) is 33.6. The number of rotatable bonds is 17. The number of halogens is 4. The van der Waals surface area contributed by atoms with E-state index >= 15 is 0 Å². The smallest absolute Gasteiger partial charge is 0.195 e. The number of nitrogens with zero attached hydrogens (tertiary/aromatic N) is 2. The van der Waals surface area contributed by atoms with Gasteiger partial charge in [-0.2, -0.15) is 0 Å². The van der Waals surface area contributed by atoms with Crippen molar-refractivity contribution in [1.82, 2.24) is 9.80 Å². The highest BCUT2D eigenvalue weighted by molar-refractivity contribution is 7.23. The van der Waals surface area contributed by atoms with Crippen LogP contribution >= 0.6 is 22.7 Å². The number of phenolic OH excluding ortho intramolecular Hbond substituents is 1. The summed E-state index contributed by atoms with van der Waals surface area (Å²) < 4.78 is 70.8. The van der Waals surface area contributed by atoms with Crippen LogP contribution < -0.4 is 14.2 Å². The van der Waals surface area contributed by atoms with Gasteiger partial charge >= 0.3 is 0 Å². The molecule has 0 bridgehead atoms. The second-order valence-electron chi connectivity index (χ2n) is 17.1. The van der Waals surface area contributed by atoms with Crippen molar-refractivity contribution in [3.8, 4) is 43.9 Å². The number of aromatic hydroxyl groups is 1. The van der Waals surface area contributed by atoms with Crippen molar-refractivity contribution in [3.05, 3.63) is 167 Å². The van der Waals surface area contributed by atoms with Gasteiger partial charge in [-0.15, -0.1) is 22.7 Å². The lowest BCUT2D eigenvalue weighted by Crippen LogP contribution is -2.49. The largest absolute Gasteiger partial charge is 0.508 e. The van der Waals surface area contributed by atoms with Crippen LogP contribution in [0.3, 0.4) is 0 Å². The van der Waals surface area contributed by atoms with E-state index in [1.807, 2.05) is 18.2 Å². The van der Waals surface area contributed by atoms with E-state index in [-0.39, 0.29) is 54.1 Å². The molecule has 1 N–H and O–H groups in total. The predicted molar refractivity (Wildman–Crippen MR) is 265 cm³/mol. The summed E-state index contributed by atoms with van der Waals surface area (Å²) in [6, 6.07) is 36.9. The third-order valence-electron chi connectivity index (χ3n) is 12.3. The first-order valence-corrected chi connectivity index (χ1v) is 24.2. The van der Waals surface area contributed by atoms with E-state index in [9.17, 15) is 32.3 Å². The molecule has 0 unspecified atom stereocenters. The Morgan fingerprint density at radius 3 is 1.39 bits per heavy atom. The van der Waals surface area contributed by atoms with Crippen LogP contribution in [0.1, 0.15) is 31.8 Å². The van der Waals surface area contributed by atoms with E-state index in [0.29, 0.717) is 52.7 Å². The molecule has 6 aromatic carbocycles. The lowest BCUT2D eigenvalue weighted by Gasteiger charge is -2.37. The third-order valence-corrected chi connectivity index (χ3v) is 14.7. The number of phenols is 1. The number of methoxy groups -OCH3 is 1. The Morgan fingerprint density at radius 2 is 0.971 bits per heavy atom. The van der Waals surface area contributed by atoms with Crippen LogP contribution in [0.25, 0.3) is 41.1 Å². The number of carbonyl (C=O) groups is 2. The van der Waals surface area contributed by atoms with Gasteiger partial charge in [0.1, 0.15) is 47.8 Å². The van der Waals surface area contributed by atoms with Crippen LogP contribution in [0.15, 0.2) is 133 Å². The van der Waals surface area contributed by atoms with Gasteiger partial charge in [0.05, 0.1) is 20.5 Å². The molecule has 14 heteroatoms. The molecule has 4 heterocycles. The molecular weight excluding hydrogens is 925 g/mol. The van der Waals surface area contributed by atoms with E-state index in [2.05, 4.69) is 9.80 Å². The zero-order chi connectivity index (χ0) is 48.0. The zero-order valence-electron chi connectivity index (χ0n) is 37.6. The molecule has 0 aliphatic carbocycles. The molecule has 2 saturated heterocycles. The van der Waals surface area contributed by atoms with Crippen molar-refractivity contribution in [2.45, 2.75) is 0 Å². The van der Waals surface area contributed by atoms with Crippen LogP contribution in [-0.4, -0.2) is 99.4 Å². The monoisotopic (exact) mass is 972 g/mol. The topological polar surface area (TPSA) is 88.5 Å². The van der Waals surface area contributed by atoms with Crippen molar-refractivity contribution in [2.24, 2.45) is 11.8 Å². The Hall–Kier alpha value is -6.58. The number of fused-ring (bicyclic) bond motifs is 2. The van der Waals surface area contributed by atoms with Crippen LogP contribution in [0.5, 0.6) is 23.0 Å². The number of ether oxygens (including phenoxy) is 3. The molecule has 0 saturated carbocycles. The maximum atomic E-state index is 13.7. The summed E-state index contributed by atoms with van der Waals surface area (Å²) in [4.78, 5) is 33.1. The number of benzene rings is 6. The predicted octanol–water partition coefficient (Wildman–Crippen LogP) is 12.2. The maximum absolute atomic E-state index is 13.7. The molecular formula is C55H48F4N2O6S2. The molecule has 354 valence electrons. The van der Waals surface area contributed by atoms with Gasteiger partial charge in [0.2, 0.25) is 0 Å². The molecule has 2 fully saturated rings. The van der Waals surface area contributed by atoms with Gasteiger partial charge in [-0.05, 0) is 120 Å². The molecule has 2 aliphatic rings. The molecule has 0 spiro atoms. The van der Waals surface area contributed by atoms with E-state index in [4.69, 9.17) is 14.2 Å². The van der Waals surface area contributed by atoms with E-state index in [1.165, 1.54) is 46.9 Å². The molecule has 69 heavy (non-hydrogen) atoms. The van der Waals surface area contributed by atoms with E-state index in [0.717, 1.165) is 80.3 Å². The number of alkyl halides is 2. The summed E-state index contributed by atoms with van der Waals surface area (Å²) in [5.74, 6) is 1.57. The third kappa shape index (κ3) is 10.8. The lowest BCUT2D eigenvalue weighted by molar-refractivity contribution is 0.0668. The summed E-state index contributed by atoms with van der Waals surface area (Å²) in [7, 11) is 1.61. The SMILES string of the molecule is COc1ccc2c(C(=O)c3ccc(OCCN4CC(CF)C4)cc3)c(-c3ccc(F)cc3)sc2c1.O=C(c1ccc(OCCN2CC(CF)C2)cc1)c1c(-c2ccc(F)cc2)sc2cc(O)ccc12. The van der Waals surface area contributed by atoms with Crippen molar-refractivity contribution >= 4 is 54.4 Å². The Balaban J connectivity index is 0.000000172. The standard InChI is InChI=1S/C28H25F2NO3S.C27H23F2NO3S/c1-33-23-10-11-24-25(14-23)35-28(20-2-6-21(30)7-3-20)26(24)27(32)19-4-8-22(9-5-19)34-13-12-31-16-18(15-29)17-31;28-14-17-15-30(16-17)11-12-33-22-8-3-18(4-9-22)26(32)25-23-10-7-21(31)13-24(23)34-27(25)19-1-5-20(29)6-2-19/h2-11,14,18H,12-13,15-17H2,1H3;1-10,13,17,31H,11-12,14-16H2. The maximum Gasteiger partial charge on any atom is 0.195 e. The molecule has 0 radical (unpaired) electrons. The number of ketones is 2. The van der Waals surface area contributed by atoms with Crippen LogP contribution in [0.4, 0.5) is 17.6 Å². The fourth-order valence-electron chi connectivity index (χ4n) is 8.54. The van der Waals surface area contributed by atoms with E-state index < -0.39 is 0 Å². The van der Waals surface area contributed by atoms with Gasteiger partial charge in [-0.1, -0.05) is 24.3 Å². The second kappa shape index (κ2) is 21.4. The minimum absolute atomic E-state index is 0.106. The van der Waals surface area contributed by atoms with Crippen LogP contribution in [-0.2, 0) is 0 Å². The molecule has 0 amide bonds. The first-order valence-electron chi connectivity index (χ1n) is 22.6. The highest BCUT2D eigenvalue weighted by atomic mass is 32.1. The van der Waals surface area contributed by atoms with Crippen molar-refractivity contribution in [3.63, 3.8) is 0 Å². The quantitative estimate of drug-likeness (QED) is 0.0713. The van der Waals surface area contributed by atoms with Crippen molar-refractivity contribution in [1.29, 1.82) is 0 Å². The number of carbonyl (C=O) groups excluding carboxylic acids is 2. The molecule has 2 aromatic heterocycles. The fraction of sp³-hybridized carbons (Fsp3) is 0.236. The van der Waals surface area contributed by atoms with E-state index in [1.54, 1.807) is 98.1 Å². The van der Waals surface area contributed by atoms with Gasteiger partial charge in [0.15, 0.2) is 11.6 Å². The summed E-state index contributed by atoms with van der Waals surface area (Å²) in [5, 5.41) is 11.5. The Labute approximate surface area is 404 Å². The normalized spacial score (nSPS) is 14.2. The van der Waals surface area contributed by atoms with Gasteiger partial charge in [0, 0.05) is 103 Å². The minimum Gasteiger partial charge on any atom is -0.508 e. The summed E-state index contributed by atoms with van der Waals surface area (Å²) >= 11 is 2.88. The Kier molecular flexibility index (Phi) is 14.7. The van der Waals surface area contributed by atoms with Gasteiger partial charge < -0.3 is 19.3 Å². The molecule has 2 aliphatic heterocycles. The van der Waals surface area contributed by atoms with Gasteiger partial charge in [-0.3, -0.25) is 28.2 Å². The Morgan fingerprint density at radius 1 is 0.565 bits per heavy atom. The van der Waals surface area contributed by atoms with Crippen molar-refractivity contribution in [2.75, 3.05) is 72.9 Å². The van der Waals surface area contributed by atoms with Crippen LogP contribution in [0.2, 0.25) is 0 Å². The summed E-state index contributed by atoms with van der Waals surface area (Å²) in [5.41, 5.74) is 3.71.